The van der Waals surface area contributed by atoms with Crippen molar-refractivity contribution in [1.29, 1.82) is 0 Å². The summed E-state index contributed by atoms with van der Waals surface area (Å²) in [5.74, 6) is 0.654. The second-order valence-electron chi connectivity index (χ2n) is 7.60. The molecule has 2 N–H and O–H groups in total. The van der Waals surface area contributed by atoms with Crippen molar-refractivity contribution in [3.63, 3.8) is 0 Å². The molecule has 3 aromatic rings. The predicted molar refractivity (Wildman–Crippen MR) is 114 cm³/mol. The Hall–Kier alpha value is -3.19. The maximum absolute atomic E-state index is 12.6. The van der Waals surface area contributed by atoms with Gasteiger partial charge in [-0.05, 0) is 49.2 Å². The summed E-state index contributed by atoms with van der Waals surface area (Å²) in [6.07, 6.45) is 0. The van der Waals surface area contributed by atoms with Crippen molar-refractivity contribution in [3.8, 4) is 0 Å². The maximum Gasteiger partial charge on any atom is 0.321 e. The third-order valence-electron chi connectivity index (χ3n) is 5.17. The van der Waals surface area contributed by atoms with E-state index in [4.69, 9.17) is 0 Å². The first kappa shape index (κ1) is 19.1. The molecule has 0 radical (unpaired) electrons. The molecule has 2 heterocycles. The van der Waals surface area contributed by atoms with E-state index in [0.29, 0.717) is 36.4 Å². The summed E-state index contributed by atoms with van der Waals surface area (Å²) < 4.78 is 0. The van der Waals surface area contributed by atoms with Crippen LogP contribution in [0.5, 0.6) is 0 Å². The smallest absolute Gasteiger partial charge is 0.321 e. The molecule has 7 heteroatoms. The molecule has 1 fully saturated rings. The Morgan fingerprint density at radius 1 is 1.07 bits per heavy atom. The van der Waals surface area contributed by atoms with Gasteiger partial charge in [0.25, 0.3) is 5.56 Å². The van der Waals surface area contributed by atoms with E-state index >= 15 is 0 Å². The molecule has 4 rings (SSSR count). The van der Waals surface area contributed by atoms with Crippen molar-refractivity contribution in [2.24, 2.45) is 0 Å². The number of rotatable bonds is 3. The first-order chi connectivity index (χ1) is 14.0. The number of benzene rings is 2. The Kier molecular flexibility index (Phi) is 5.31. The second kappa shape index (κ2) is 8.05. The van der Waals surface area contributed by atoms with E-state index in [1.165, 1.54) is 0 Å². The third kappa shape index (κ3) is 4.46. The van der Waals surface area contributed by atoms with E-state index in [0.717, 1.165) is 29.9 Å². The van der Waals surface area contributed by atoms with Crippen LogP contribution in [0, 0.1) is 13.8 Å². The van der Waals surface area contributed by atoms with Crippen molar-refractivity contribution < 1.29 is 4.79 Å². The van der Waals surface area contributed by atoms with Crippen molar-refractivity contribution in [3.05, 3.63) is 69.8 Å². The zero-order chi connectivity index (χ0) is 20.4. The number of H-pyrrole nitrogens is 1. The number of hydrogen-bond acceptors (Lipinski definition) is 4. The first-order valence-electron chi connectivity index (χ1n) is 9.82. The molecule has 0 atom stereocenters. The van der Waals surface area contributed by atoms with E-state index in [2.05, 4.69) is 26.3 Å². The summed E-state index contributed by atoms with van der Waals surface area (Å²) in [4.78, 5) is 36.3. The summed E-state index contributed by atoms with van der Waals surface area (Å²) in [7, 11) is 0. The van der Waals surface area contributed by atoms with Gasteiger partial charge in [0, 0.05) is 31.9 Å². The maximum atomic E-state index is 12.6. The van der Waals surface area contributed by atoms with Gasteiger partial charge in [-0.25, -0.2) is 9.78 Å². The molecule has 1 aliphatic heterocycles. The van der Waals surface area contributed by atoms with Gasteiger partial charge in [0.2, 0.25) is 0 Å². The topological polar surface area (TPSA) is 81.3 Å². The summed E-state index contributed by atoms with van der Waals surface area (Å²) in [6.45, 7) is 7.34. The van der Waals surface area contributed by atoms with Gasteiger partial charge in [-0.1, -0.05) is 18.2 Å². The van der Waals surface area contributed by atoms with Crippen LogP contribution in [-0.2, 0) is 6.54 Å². The number of amides is 2. The summed E-state index contributed by atoms with van der Waals surface area (Å²) in [5.41, 5.74) is 3.67. The predicted octanol–water partition coefficient (Wildman–Crippen LogP) is 2.89. The highest BCUT2D eigenvalue weighted by Gasteiger charge is 2.22. The summed E-state index contributed by atoms with van der Waals surface area (Å²) in [5, 5.41) is 3.60. The number of piperazine rings is 1. The molecule has 1 saturated heterocycles. The van der Waals surface area contributed by atoms with Gasteiger partial charge < -0.3 is 15.2 Å². The lowest BCUT2D eigenvalue weighted by atomic mass is 10.1. The lowest BCUT2D eigenvalue weighted by molar-refractivity contribution is 0.141. The lowest BCUT2D eigenvalue weighted by Crippen LogP contribution is -2.49. The average molecular weight is 391 g/mol. The number of aromatic nitrogens is 2. The fourth-order valence-corrected chi connectivity index (χ4v) is 3.78. The molecular weight excluding hydrogens is 366 g/mol. The van der Waals surface area contributed by atoms with Crippen LogP contribution in [0.4, 0.5) is 10.5 Å². The third-order valence-corrected chi connectivity index (χ3v) is 5.17. The quantitative estimate of drug-likeness (QED) is 0.719. The zero-order valence-electron chi connectivity index (χ0n) is 16.7. The highest BCUT2D eigenvalue weighted by atomic mass is 16.2. The van der Waals surface area contributed by atoms with E-state index in [9.17, 15) is 9.59 Å². The molecule has 2 aromatic carbocycles. The van der Waals surface area contributed by atoms with Crippen LogP contribution in [0.2, 0.25) is 0 Å². The minimum atomic E-state index is -0.114. The highest BCUT2D eigenvalue weighted by Crippen LogP contribution is 2.15. The Bertz CT molecular complexity index is 1080. The number of aromatic amines is 1. The van der Waals surface area contributed by atoms with Crippen LogP contribution in [0.25, 0.3) is 10.9 Å². The van der Waals surface area contributed by atoms with Crippen molar-refractivity contribution in [2.45, 2.75) is 20.4 Å². The van der Waals surface area contributed by atoms with Gasteiger partial charge in [-0.3, -0.25) is 9.69 Å². The largest absolute Gasteiger partial charge is 0.322 e. The van der Waals surface area contributed by atoms with Crippen LogP contribution in [0.1, 0.15) is 17.0 Å². The van der Waals surface area contributed by atoms with Gasteiger partial charge in [0.05, 0.1) is 17.4 Å². The zero-order valence-corrected chi connectivity index (χ0v) is 16.7. The fraction of sp³-hybridized carbons (Fsp3) is 0.318. The van der Waals surface area contributed by atoms with Gasteiger partial charge in [-0.2, -0.15) is 0 Å². The van der Waals surface area contributed by atoms with Crippen LogP contribution in [0.3, 0.4) is 0 Å². The molecule has 1 aromatic heterocycles. The Morgan fingerprint density at radius 2 is 1.76 bits per heavy atom. The lowest BCUT2D eigenvalue weighted by Gasteiger charge is -2.34. The fourth-order valence-electron chi connectivity index (χ4n) is 3.78. The van der Waals surface area contributed by atoms with E-state index in [-0.39, 0.29) is 11.6 Å². The van der Waals surface area contributed by atoms with Crippen LogP contribution in [-0.4, -0.2) is 52.0 Å². The molecule has 0 spiro atoms. The van der Waals surface area contributed by atoms with Crippen LogP contribution in [0.15, 0.2) is 47.3 Å². The molecule has 150 valence electrons. The molecule has 0 aliphatic carbocycles. The van der Waals surface area contributed by atoms with Crippen molar-refractivity contribution in [1.82, 2.24) is 19.8 Å². The minimum absolute atomic E-state index is 0.0770. The van der Waals surface area contributed by atoms with Gasteiger partial charge >= 0.3 is 6.03 Å². The second-order valence-corrected chi connectivity index (χ2v) is 7.60. The molecule has 7 nitrogen and oxygen atoms in total. The number of carbonyl (C=O) groups is 1. The SMILES string of the molecule is Cc1cc(C)cc(NC(=O)N2CCN(Cc3nc4ccccc4c(=O)[nH]3)CC2)c1. The van der Waals surface area contributed by atoms with Gasteiger partial charge in [0.15, 0.2) is 0 Å². The number of nitrogens with zero attached hydrogens (tertiary/aromatic N) is 3. The molecule has 0 saturated carbocycles. The molecule has 29 heavy (non-hydrogen) atoms. The number of carbonyl (C=O) groups excluding carboxylic acids is 1. The van der Waals surface area contributed by atoms with Gasteiger partial charge in [0.1, 0.15) is 5.82 Å². The molecule has 0 unspecified atom stereocenters. The number of hydrogen-bond donors (Lipinski definition) is 2. The number of fused-ring (bicyclic) bond motifs is 1. The number of aryl methyl sites for hydroxylation is 2. The number of para-hydroxylation sites is 1. The average Bonchev–Trinajstić information content (AvgIpc) is 2.68. The Balaban J connectivity index is 1.36. The number of anilines is 1. The van der Waals surface area contributed by atoms with Crippen molar-refractivity contribution in [2.75, 3.05) is 31.5 Å². The molecular formula is C22H25N5O2. The Morgan fingerprint density at radius 3 is 2.48 bits per heavy atom. The van der Waals surface area contributed by atoms with Crippen LogP contribution >= 0.6 is 0 Å². The summed E-state index contributed by atoms with van der Waals surface area (Å²) >= 11 is 0. The molecule has 1 aliphatic rings. The van der Waals surface area contributed by atoms with E-state index < -0.39 is 0 Å². The van der Waals surface area contributed by atoms with Gasteiger partial charge in [-0.15, -0.1) is 0 Å². The molecule has 2 amide bonds. The normalized spacial score (nSPS) is 14.9. The molecule has 0 bridgehead atoms. The summed E-state index contributed by atoms with van der Waals surface area (Å²) in [6, 6.07) is 13.3. The van der Waals surface area contributed by atoms with E-state index in [1.54, 1.807) is 6.07 Å². The monoisotopic (exact) mass is 391 g/mol. The van der Waals surface area contributed by atoms with Crippen molar-refractivity contribution >= 4 is 22.6 Å². The Labute approximate surface area is 169 Å². The minimum Gasteiger partial charge on any atom is -0.322 e. The standard InChI is InChI=1S/C22H25N5O2/c1-15-11-16(2)13-17(12-15)23-22(29)27-9-7-26(8-10-27)14-20-24-19-6-4-3-5-18(19)21(28)25-20/h3-6,11-13H,7-10,14H2,1-2H3,(H,23,29)(H,24,25,28). The van der Waals surface area contributed by atoms with Crippen LogP contribution < -0.4 is 10.9 Å². The number of nitrogens with one attached hydrogen (secondary N) is 2. The van der Waals surface area contributed by atoms with E-state index in [1.807, 2.05) is 49.1 Å². The first-order valence-corrected chi connectivity index (χ1v) is 9.82. The highest BCUT2D eigenvalue weighted by molar-refractivity contribution is 5.89. The number of urea groups is 1.